The van der Waals surface area contributed by atoms with E-state index in [1.54, 1.807) is 0 Å². The first-order chi connectivity index (χ1) is 9.97. The lowest BCUT2D eigenvalue weighted by Gasteiger charge is -2.13. The number of benzene rings is 1. The van der Waals surface area contributed by atoms with Crippen LogP contribution < -0.4 is 15.8 Å². The van der Waals surface area contributed by atoms with E-state index in [4.69, 9.17) is 10.5 Å². The van der Waals surface area contributed by atoms with Crippen LogP contribution in [0.2, 0.25) is 0 Å². The summed E-state index contributed by atoms with van der Waals surface area (Å²) in [6, 6.07) is 4.41. The van der Waals surface area contributed by atoms with Crippen LogP contribution in [0.3, 0.4) is 0 Å². The number of methoxy groups -OCH3 is 1. The molecule has 1 aromatic rings. The molecule has 7 nitrogen and oxygen atoms in total. The third-order valence-corrected chi connectivity index (χ3v) is 2.48. The molecule has 114 valence electrons. The molecule has 0 saturated carbocycles. The summed E-state index contributed by atoms with van der Waals surface area (Å²) in [5.74, 6) is -0.783. The number of esters is 1. The second kappa shape index (κ2) is 8.01. The van der Waals surface area contributed by atoms with Crippen molar-refractivity contribution in [2.24, 2.45) is 5.73 Å². The van der Waals surface area contributed by atoms with Crippen molar-refractivity contribution in [1.82, 2.24) is 0 Å². The minimum Gasteiger partial charge on any atom is -0.484 e. The van der Waals surface area contributed by atoms with Crippen LogP contribution in [0.4, 0.5) is 5.69 Å². The van der Waals surface area contributed by atoms with E-state index in [1.165, 1.54) is 32.2 Å². The van der Waals surface area contributed by atoms with Crippen LogP contribution in [0.15, 0.2) is 18.2 Å². The summed E-state index contributed by atoms with van der Waals surface area (Å²) < 4.78 is 9.92. The summed E-state index contributed by atoms with van der Waals surface area (Å²) in [5.41, 5.74) is 5.92. The Balaban J connectivity index is 3.01. The molecule has 0 aromatic heterocycles. The SMILES string of the molecule is COC(=O)c1ccc(NC(=O)CCN)c(OCC(C)=O)c1. The molecule has 0 aliphatic rings. The van der Waals surface area contributed by atoms with Crippen molar-refractivity contribution < 1.29 is 23.9 Å². The molecule has 0 unspecified atom stereocenters. The zero-order valence-electron chi connectivity index (χ0n) is 12.0. The van der Waals surface area contributed by atoms with Gasteiger partial charge in [-0.25, -0.2) is 4.79 Å². The van der Waals surface area contributed by atoms with Crippen molar-refractivity contribution >= 4 is 23.3 Å². The quantitative estimate of drug-likeness (QED) is 0.718. The molecule has 0 heterocycles. The summed E-state index contributed by atoms with van der Waals surface area (Å²) in [6.45, 7) is 1.43. The molecule has 0 saturated heterocycles. The van der Waals surface area contributed by atoms with Gasteiger partial charge in [0.25, 0.3) is 0 Å². The van der Waals surface area contributed by atoms with Gasteiger partial charge < -0.3 is 20.5 Å². The molecule has 21 heavy (non-hydrogen) atoms. The Bertz CT molecular complexity index is 542. The average molecular weight is 294 g/mol. The number of hydrogen-bond acceptors (Lipinski definition) is 6. The topological polar surface area (TPSA) is 108 Å². The van der Waals surface area contributed by atoms with Crippen LogP contribution in [0.5, 0.6) is 5.75 Å². The summed E-state index contributed by atoms with van der Waals surface area (Å²) in [5, 5.41) is 2.61. The number of nitrogens with two attached hydrogens (primary N) is 1. The van der Waals surface area contributed by atoms with Gasteiger partial charge in [0, 0.05) is 13.0 Å². The van der Waals surface area contributed by atoms with Gasteiger partial charge in [-0.1, -0.05) is 0 Å². The molecule has 0 bridgehead atoms. The fourth-order valence-electron chi connectivity index (χ4n) is 1.51. The molecule has 1 aromatic carbocycles. The van der Waals surface area contributed by atoms with Crippen molar-refractivity contribution in [3.8, 4) is 5.75 Å². The van der Waals surface area contributed by atoms with Gasteiger partial charge in [0.15, 0.2) is 5.78 Å². The third kappa shape index (κ3) is 5.23. The molecular weight excluding hydrogens is 276 g/mol. The van der Waals surface area contributed by atoms with Gasteiger partial charge in [0.1, 0.15) is 12.4 Å². The first-order valence-corrected chi connectivity index (χ1v) is 6.32. The molecule has 3 N–H and O–H groups in total. The monoisotopic (exact) mass is 294 g/mol. The Labute approximate surface area is 122 Å². The predicted molar refractivity (Wildman–Crippen MR) is 76.3 cm³/mol. The van der Waals surface area contributed by atoms with Crippen molar-refractivity contribution in [1.29, 1.82) is 0 Å². The number of anilines is 1. The fourth-order valence-corrected chi connectivity index (χ4v) is 1.51. The lowest BCUT2D eigenvalue weighted by atomic mass is 10.2. The predicted octanol–water partition coefficient (Wildman–Crippen LogP) is 0.728. The van der Waals surface area contributed by atoms with Crippen LogP contribution in [0.25, 0.3) is 0 Å². The molecule has 0 spiro atoms. The molecule has 0 radical (unpaired) electrons. The Morgan fingerprint density at radius 3 is 2.57 bits per heavy atom. The number of ketones is 1. The Morgan fingerprint density at radius 2 is 2.00 bits per heavy atom. The highest BCUT2D eigenvalue weighted by Crippen LogP contribution is 2.26. The molecule has 0 aliphatic carbocycles. The highest BCUT2D eigenvalue weighted by molar-refractivity contribution is 5.95. The molecular formula is C14H18N2O5. The second-order valence-electron chi connectivity index (χ2n) is 4.28. The Kier molecular flexibility index (Phi) is 6.35. The van der Waals surface area contributed by atoms with E-state index in [2.05, 4.69) is 10.1 Å². The Hall–Kier alpha value is -2.41. The minimum atomic E-state index is -0.539. The van der Waals surface area contributed by atoms with E-state index in [9.17, 15) is 14.4 Å². The average Bonchev–Trinajstić information content (AvgIpc) is 2.45. The zero-order chi connectivity index (χ0) is 15.8. The number of hydrogen-bond donors (Lipinski definition) is 2. The summed E-state index contributed by atoms with van der Waals surface area (Å²) >= 11 is 0. The number of ether oxygens (including phenoxy) is 2. The summed E-state index contributed by atoms with van der Waals surface area (Å²) in [7, 11) is 1.26. The Morgan fingerprint density at radius 1 is 1.29 bits per heavy atom. The second-order valence-corrected chi connectivity index (χ2v) is 4.28. The van der Waals surface area contributed by atoms with E-state index in [-0.39, 0.29) is 42.6 Å². The van der Waals surface area contributed by atoms with Gasteiger partial charge in [-0.2, -0.15) is 0 Å². The standard InChI is InChI=1S/C14H18N2O5/c1-9(17)8-21-12-7-10(14(19)20-2)3-4-11(12)16-13(18)5-6-15/h3-4,7H,5-6,8,15H2,1-2H3,(H,16,18). The highest BCUT2D eigenvalue weighted by atomic mass is 16.5. The largest absolute Gasteiger partial charge is 0.484 e. The van der Waals surface area contributed by atoms with Crippen LogP contribution in [-0.2, 0) is 14.3 Å². The number of amides is 1. The lowest BCUT2D eigenvalue weighted by Crippen LogP contribution is -2.17. The first kappa shape index (κ1) is 16.6. The molecule has 0 fully saturated rings. The third-order valence-electron chi connectivity index (χ3n) is 2.48. The smallest absolute Gasteiger partial charge is 0.337 e. The normalized spacial score (nSPS) is 9.86. The fraction of sp³-hybridized carbons (Fsp3) is 0.357. The number of Topliss-reactive ketones (excluding diaryl/α,β-unsaturated/α-hetero) is 1. The van der Waals surface area contributed by atoms with Gasteiger partial charge in [-0.05, 0) is 25.1 Å². The van der Waals surface area contributed by atoms with Gasteiger partial charge in [0.05, 0.1) is 18.4 Å². The minimum absolute atomic E-state index is 0.158. The molecule has 1 amide bonds. The van der Waals surface area contributed by atoms with E-state index in [0.717, 1.165) is 0 Å². The van der Waals surface area contributed by atoms with Crippen molar-refractivity contribution in [2.75, 3.05) is 25.6 Å². The maximum atomic E-state index is 11.6. The van der Waals surface area contributed by atoms with E-state index in [0.29, 0.717) is 5.69 Å². The maximum absolute atomic E-state index is 11.6. The number of carbonyl (C=O) groups is 3. The number of rotatable bonds is 7. The van der Waals surface area contributed by atoms with E-state index >= 15 is 0 Å². The van der Waals surface area contributed by atoms with Crippen molar-refractivity contribution in [2.45, 2.75) is 13.3 Å². The van der Waals surface area contributed by atoms with Crippen molar-refractivity contribution in [3.63, 3.8) is 0 Å². The molecule has 0 aliphatic heterocycles. The number of carbonyl (C=O) groups excluding carboxylic acids is 3. The summed E-state index contributed by atoms with van der Waals surface area (Å²) in [6.07, 6.45) is 0.158. The van der Waals surface area contributed by atoms with Crippen LogP contribution in [0, 0.1) is 0 Å². The van der Waals surface area contributed by atoms with E-state index < -0.39 is 5.97 Å². The number of nitrogens with one attached hydrogen (secondary N) is 1. The van der Waals surface area contributed by atoms with Gasteiger partial charge in [0.2, 0.25) is 5.91 Å². The molecule has 0 atom stereocenters. The van der Waals surface area contributed by atoms with Crippen LogP contribution >= 0.6 is 0 Å². The van der Waals surface area contributed by atoms with Gasteiger partial charge in [-0.15, -0.1) is 0 Å². The summed E-state index contributed by atoms with van der Waals surface area (Å²) in [4.78, 5) is 34.1. The first-order valence-electron chi connectivity index (χ1n) is 6.32. The van der Waals surface area contributed by atoms with Gasteiger partial charge >= 0.3 is 5.97 Å². The maximum Gasteiger partial charge on any atom is 0.337 e. The van der Waals surface area contributed by atoms with E-state index in [1.807, 2.05) is 0 Å². The zero-order valence-corrected chi connectivity index (χ0v) is 12.0. The van der Waals surface area contributed by atoms with Crippen molar-refractivity contribution in [3.05, 3.63) is 23.8 Å². The van der Waals surface area contributed by atoms with Crippen LogP contribution in [0.1, 0.15) is 23.7 Å². The molecule has 7 heteroatoms. The lowest BCUT2D eigenvalue weighted by molar-refractivity contribution is -0.119. The van der Waals surface area contributed by atoms with Crippen LogP contribution in [-0.4, -0.2) is 37.9 Å². The molecule has 1 rings (SSSR count). The highest BCUT2D eigenvalue weighted by Gasteiger charge is 2.13. The van der Waals surface area contributed by atoms with Gasteiger partial charge in [-0.3, -0.25) is 9.59 Å².